The maximum absolute atomic E-state index is 13.2. The van der Waals surface area contributed by atoms with E-state index in [2.05, 4.69) is 21.6 Å². The van der Waals surface area contributed by atoms with E-state index in [0.717, 1.165) is 10.8 Å². The Hall–Kier alpha value is -2.78. The van der Waals surface area contributed by atoms with Gasteiger partial charge in [0, 0.05) is 31.0 Å². The van der Waals surface area contributed by atoms with Crippen molar-refractivity contribution in [2.75, 3.05) is 6.54 Å². The Morgan fingerprint density at radius 1 is 1.29 bits per heavy atom. The molecule has 34 heavy (non-hydrogen) atoms. The Balaban J connectivity index is 1.24. The molecule has 3 aliphatic rings. The van der Waals surface area contributed by atoms with Crippen molar-refractivity contribution >= 4 is 32.5 Å². The number of ether oxygens (including phenoxy) is 1. The number of nitrogens with one attached hydrogen (secondary N) is 2. The number of allylic oxidation sites excluding steroid dienone is 1. The first-order chi connectivity index (χ1) is 16.2. The maximum atomic E-state index is 13.2. The topological polar surface area (TPSA) is 114 Å². The summed E-state index contributed by atoms with van der Waals surface area (Å²) in [4.78, 5) is 30.5. The van der Waals surface area contributed by atoms with Crippen molar-refractivity contribution in [3.8, 4) is 5.88 Å². The highest BCUT2D eigenvalue weighted by molar-refractivity contribution is 7.91. The average molecular weight is 484 g/mol. The Labute approximate surface area is 199 Å². The summed E-state index contributed by atoms with van der Waals surface area (Å²) >= 11 is 0. The number of fused-ring (bicyclic) bond motifs is 1. The lowest BCUT2D eigenvalue weighted by molar-refractivity contribution is -0.130. The fourth-order valence-corrected chi connectivity index (χ4v) is 6.13. The molecule has 8 nitrogen and oxygen atoms in total. The van der Waals surface area contributed by atoms with E-state index in [1.54, 1.807) is 19.2 Å². The normalized spacial score (nSPS) is 29.4. The predicted octanol–water partition coefficient (Wildman–Crippen LogP) is 2.49. The zero-order chi connectivity index (χ0) is 24.1. The molecule has 0 unspecified atom stereocenters. The van der Waals surface area contributed by atoms with Crippen LogP contribution in [-0.2, 0) is 19.6 Å². The molecule has 2 N–H and O–H groups in total. The maximum Gasteiger partial charge on any atom is 0.240 e. The molecule has 9 heteroatoms. The van der Waals surface area contributed by atoms with Crippen molar-refractivity contribution in [3.05, 3.63) is 49.2 Å². The van der Waals surface area contributed by atoms with E-state index >= 15 is 0 Å². The van der Waals surface area contributed by atoms with Crippen LogP contribution in [0.3, 0.4) is 0 Å². The fourth-order valence-electron chi connectivity index (χ4n) is 4.79. The number of benzene rings is 1. The van der Waals surface area contributed by atoms with Crippen LogP contribution < -0.4 is 14.8 Å². The lowest BCUT2D eigenvalue weighted by Crippen LogP contribution is -2.44. The van der Waals surface area contributed by atoms with Crippen LogP contribution in [0.15, 0.2) is 49.2 Å². The molecule has 0 spiro atoms. The number of ketones is 1. The first kappa shape index (κ1) is 23.0. The second-order valence-corrected chi connectivity index (χ2v) is 12.2. The van der Waals surface area contributed by atoms with E-state index in [1.807, 2.05) is 30.3 Å². The minimum absolute atomic E-state index is 0.0291. The number of carbonyl (C=O) groups is 2. The average Bonchev–Trinajstić information content (AvgIpc) is 3.69. The molecule has 2 aliphatic carbocycles. The molecule has 2 heterocycles. The number of Topliss-reactive ketones (excluding diaryl/α,β-unsaturated/α-hetero) is 1. The first-order valence-electron chi connectivity index (χ1n) is 11.6. The zero-order valence-electron chi connectivity index (χ0n) is 19.1. The van der Waals surface area contributed by atoms with Crippen LogP contribution in [0.5, 0.6) is 5.88 Å². The summed E-state index contributed by atoms with van der Waals surface area (Å²) in [5.74, 6) is -0.398. The van der Waals surface area contributed by atoms with Gasteiger partial charge in [-0.3, -0.25) is 14.3 Å². The minimum Gasteiger partial charge on any atom is -0.472 e. The number of pyridine rings is 1. The van der Waals surface area contributed by atoms with Gasteiger partial charge >= 0.3 is 0 Å². The van der Waals surface area contributed by atoms with E-state index in [0.29, 0.717) is 38.1 Å². The molecule has 4 atom stereocenters. The largest absolute Gasteiger partial charge is 0.472 e. The summed E-state index contributed by atoms with van der Waals surface area (Å²) in [6, 6.07) is 9.27. The zero-order valence-corrected chi connectivity index (χ0v) is 19.9. The number of nitrogens with zero attached hydrogens (tertiary/aromatic N) is 1. The number of hydrogen-bond acceptors (Lipinski definition) is 7. The van der Waals surface area contributed by atoms with Crippen LogP contribution in [0.25, 0.3) is 10.8 Å². The van der Waals surface area contributed by atoms with Gasteiger partial charge in [0.1, 0.15) is 6.10 Å². The van der Waals surface area contributed by atoms with Gasteiger partial charge in [-0.2, -0.15) is 0 Å². The van der Waals surface area contributed by atoms with Gasteiger partial charge in [0.15, 0.2) is 5.78 Å². The molecule has 1 amide bonds. The number of amides is 1. The number of rotatable bonds is 9. The molecular formula is C25H29N3O5S. The summed E-state index contributed by atoms with van der Waals surface area (Å²) in [6.07, 6.45) is 5.02. The summed E-state index contributed by atoms with van der Waals surface area (Å²) in [5.41, 5.74) is -1.05. The molecule has 1 saturated heterocycles. The van der Waals surface area contributed by atoms with Gasteiger partial charge in [0.05, 0.1) is 16.2 Å². The SMILES string of the molecule is C=C[C@@H]1C[C@]1(CC(=O)[C@@H]1C[C@@H](Oc2nccc3ccccc23)CN1)C(=O)NS(=O)(=O)C1(C)CC1. The molecule has 180 valence electrons. The minimum atomic E-state index is -3.76. The van der Waals surface area contributed by atoms with Crippen molar-refractivity contribution in [1.29, 1.82) is 0 Å². The standard InChI is InChI=1S/C25H29N3O5S/c1-3-17-13-25(17,23(30)28-34(31,32)24(2)9-10-24)14-21(29)20-12-18(15-27-20)33-22-19-7-5-4-6-16(19)8-11-26-22/h3-8,11,17-18,20,27H,1,9-10,12-15H2,2H3,(H,28,30)/t17-,18-,20+,25-/m1/s1. The number of sulfonamides is 1. The van der Waals surface area contributed by atoms with Crippen LogP contribution in [0.4, 0.5) is 0 Å². The summed E-state index contributed by atoms with van der Waals surface area (Å²) in [6.45, 7) is 5.88. The Morgan fingerprint density at radius 3 is 2.76 bits per heavy atom. The molecule has 5 rings (SSSR count). The molecule has 1 aromatic carbocycles. The van der Waals surface area contributed by atoms with Crippen LogP contribution in [0.1, 0.15) is 39.0 Å². The molecule has 0 radical (unpaired) electrons. The van der Waals surface area contributed by atoms with Gasteiger partial charge in [-0.15, -0.1) is 6.58 Å². The molecule has 1 aromatic heterocycles. The van der Waals surface area contributed by atoms with Crippen molar-refractivity contribution in [2.24, 2.45) is 11.3 Å². The third-order valence-corrected chi connectivity index (χ3v) is 9.74. The van der Waals surface area contributed by atoms with Gasteiger partial charge in [-0.05, 0) is 49.6 Å². The molecular weight excluding hydrogens is 454 g/mol. The summed E-state index contributed by atoms with van der Waals surface area (Å²) < 4.78 is 32.6. The predicted molar refractivity (Wildman–Crippen MR) is 128 cm³/mol. The van der Waals surface area contributed by atoms with E-state index in [-0.39, 0.29) is 24.2 Å². The summed E-state index contributed by atoms with van der Waals surface area (Å²) in [7, 11) is -3.76. The lowest BCUT2D eigenvalue weighted by atomic mass is 9.92. The van der Waals surface area contributed by atoms with Gasteiger partial charge in [0.25, 0.3) is 0 Å². The van der Waals surface area contributed by atoms with E-state index in [9.17, 15) is 18.0 Å². The van der Waals surface area contributed by atoms with Gasteiger partial charge in [0.2, 0.25) is 21.8 Å². The number of carbonyl (C=O) groups excluding carboxylic acids is 2. The van der Waals surface area contributed by atoms with Crippen LogP contribution >= 0.6 is 0 Å². The molecule has 1 aliphatic heterocycles. The quantitative estimate of drug-likeness (QED) is 0.527. The molecule has 2 aromatic rings. The van der Waals surface area contributed by atoms with Crippen molar-refractivity contribution in [2.45, 2.75) is 55.9 Å². The monoisotopic (exact) mass is 483 g/mol. The van der Waals surface area contributed by atoms with E-state index < -0.39 is 32.1 Å². The highest BCUT2D eigenvalue weighted by Crippen LogP contribution is 2.57. The Kier molecular flexibility index (Phi) is 5.52. The van der Waals surface area contributed by atoms with Gasteiger partial charge in [-0.25, -0.2) is 13.4 Å². The van der Waals surface area contributed by atoms with Gasteiger partial charge < -0.3 is 10.1 Å². The first-order valence-corrected chi connectivity index (χ1v) is 13.1. The molecule has 2 saturated carbocycles. The smallest absolute Gasteiger partial charge is 0.240 e. The van der Waals surface area contributed by atoms with Crippen molar-refractivity contribution in [3.63, 3.8) is 0 Å². The molecule has 3 fully saturated rings. The van der Waals surface area contributed by atoms with Gasteiger partial charge in [-0.1, -0.05) is 24.3 Å². The second kappa shape index (κ2) is 8.16. The third-order valence-electron chi connectivity index (χ3n) is 7.58. The third kappa shape index (κ3) is 4.01. The lowest BCUT2D eigenvalue weighted by Gasteiger charge is -2.20. The fraction of sp³-hybridized carbons (Fsp3) is 0.480. The molecule has 0 bridgehead atoms. The Morgan fingerprint density at radius 2 is 2.06 bits per heavy atom. The van der Waals surface area contributed by atoms with Crippen LogP contribution in [0.2, 0.25) is 0 Å². The number of aromatic nitrogens is 1. The highest BCUT2D eigenvalue weighted by Gasteiger charge is 2.62. The summed E-state index contributed by atoms with van der Waals surface area (Å²) in [5, 5.41) is 5.14. The van der Waals surface area contributed by atoms with Crippen molar-refractivity contribution in [1.82, 2.24) is 15.0 Å². The van der Waals surface area contributed by atoms with E-state index in [4.69, 9.17) is 4.74 Å². The second-order valence-electron chi connectivity index (χ2n) is 10.0. The van der Waals surface area contributed by atoms with Crippen LogP contribution in [0, 0.1) is 11.3 Å². The Bertz CT molecular complexity index is 1270. The number of hydrogen-bond donors (Lipinski definition) is 2. The van der Waals surface area contributed by atoms with Crippen molar-refractivity contribution < 1.29 is 22.7 Å². The van der Waals surface area contributed by atoms with E-state index in [1.165, 1.54) is 0 Å². The highest BCUT2D eigenvalue weighted by atomic mass is 32.2. The van der Waals surface area contributed by atoms with Crippen LogP contribution in [-0.4, -0.2) is 48.5 Å².